The summed E-state index contributed by atoms with van der Waals surface area (Å²) >= 11 is 0. The first-order valence-electron chi connectivity index (χ1n) is 20.1. The van der Waals surface area contributed by atoms with Gasteiger partial charge in [0.2, 0.25) is 0 Å². The average molecular weight is 811 g/mol. The standard InChI is InChI=1S/C52H38N6O4/c1-61-51(59)35(29-53)47-48(36(30-54)52(60)62-2)50-46(34-21-13-6-14-22-34)42-28-26-40(57-42)44(32-17-9-4-10-18-32)38-24-23-37(55-38)43(31-15-7-3-8-16-31)39-25-27-41(56-39)45(49(47)58-50)33-19-11-5-12-20-33/h3-28,35-36,47-48,56-57H,1-2H3/t35?,36?,47-,48-/m1/s1. The summed E-state index contributed by atoms with van der Waals surface area (Å²) in [6, 6.07) is 51.3. The Hall–Kier alpha value is -8.34. The maximum atomic E-state index is 13.9. The molecule has 5 heterocycles. The Bertz CT molecular complexity index is 2920. The van der Waals surface area contributed by atoms with E-state index in [-0.39, 0.29) is 0 Å². The maximum absolute atomic E-state index is 13.9. The third-order valence-electron chi connectivity index (χ3n) is 11.5. The Morgan fingerprint density at radius 1 is 0.484 bits per heavy atom. The molecule has 2 aliphatic rings. The van der Waals surface area contributed by atoms with Crippen LogP contribution in [0.5, 0.6) is 0 Å². The molecule has 10 nitrogen and oxygen atoms in total. The number of carbonyl (C=O) groups excluding carboxylic acids is 2. The molecule has 2 N–H and O–H groups in total. The van der Waals surface area contributed by atoms with Gasteiger partial charge in [0, 0.05) is 56.2 Å². The number of carbonyl (C=O) groups is 2. The van der Waals surface area contributed by atoms with Gasteiger partial charge in [0.05, 0.1) is 49.1 Å². The fourth-order valence-corrected chi connectivity index (χ4v) is 8.81. The summed E-state index contributed by atoms with van der Waals surface area (Å²) < 4.78 is 10.6. The van der Waals surface area contributed by atoms with E-state index in [1.807, 2.05) is 158 Å². The first-order chi connectivity index (χ1) is 30.4. The van der Waals surface area contributed by atoms with Crippen molar-refractivity contribution in [2.24, 2.45) is 11.8 Å². The van der Waals surface area contributed by atoms with Crippen LogP contribution in [0.25, 0.3) is 78.7 Å². The van der Waals surface area contributed by atoms with Crippen molar-refractivity contribution in [3.63, 3.8) is 0 Å². The normalized spacial score (nSPS) is 15.2. The smallest absolute Gasteiger partial charge is 0.323 e. The van der Waals surface area contributed by atoms with Crippen LogP contribution in [0.3, 0.4) is 0 Å². The Kier molecular flexibility index (Phi) is 10.6. The van der Waals surface area contributed by atoms with Crippen LogP contribution in [0.1, 0.15) is 34.6 Å². The molecule has 0 saturated carbocycles. The van der Waals surface area contributed by atoms with Crippen molar-refractivity contribution in [2.45, 2.75) is 11.8 Å². The van der Waals surface area contributed by atoms with E-state index in [0.29, 0.717) is 33.5 Å². The van der Waals surface area contributed by atoms with Gasteiger partial charge in [0.15, 0.2) is 11.8 Å². The monoisotopic (exact) mass is 810 g/mol. The number of H-pyrrole nitrogens is 2. The molecule has 4 atom stereocenters. The van der Waals surface area contributed by atoms with Crippen LogP contribution in [0.4, 0.5) is 0 Å². The average Bonchev–Trinajstić information content (AvgIpc) is 4.16. The lowest BCUT2D eigenvalue weighted by atomic mass is 9.72. The topological polar surface area (TPSA) is 158 Å². The Morgan fingerprint density at radius 2 is 0.790 bits per heavy atom. The number of ether oxygens (including phenoxy) is 2. The van der Waals surface area contributed by atoms with E-state index in [1.165, 1.54) is 14.2 Å². The number of hydrogen-bond acceptors (Lipinski definition) is 8. The molecule has 62 heavy (non-hydrogen) atoms. The predicted molar refractivity (Wildman–Crippen MR) is 239 cm³/mol. The van der Waals surface area contributed by atoms with Crippen LogP contribution < -0.4 is 0 Å². The highest BCUT2D eigenvalue weighted by molar-refractivity contribution is 5.98. The molecule has 0 spiro atoms. The van der Waals surface area contributed by atoms with Gasteiger partial charge in [-0.05, 0) is 58.7 Å². The summed E-state index contributed by atoms with van der Waals surface area (Å²) in [5, 5.41) is 21.9. The van der Waals surface area contributed by atoms with Crippen molar-refractivity contribution >= 4 is 46.2 Å². The van der Waals surface area contributed by atoms with E-state index < -0.39 is 35.6 Å². The quantitative estimate of drug-likeness (QED) is 0.144. The molecule has 2 aliphatic heterocycles. The highest BCUT2D eigenvalue weighted by atomic mass is 16.5. The van der Waals surface area contributed by atoms with Crippen molar-refractivity contribution < 1.29 is 19.1 Å². The minimum Gasteiger partial charge on any atom is -0.468 e. The summed E-state index contributed by atoms with van der Waals surface area (Å²) in [6.45, 7) is 0. The third-order valence-corrected chi connectivity index (χ3v) is 11.5. The summed E-state index contributed by atoms with van der Waals surface area (Å²) in [6.07, 6.45) is 4.05. The Balaban J connectivity index is 1.57. The zero-order chi connectivity index (χ0) is 42.7. The number of aromatic amines is 2. The summed E-state index contributed by atoms with van der Waals surface area (Å²) in [5.41, 5.74) is 11.0. The summed E-state index contributed by atoms with van der Waals surface area (Å²) in [4.78, 5) is 46.0. The van der Waals surface area contributed by atoms with Crippen LogP contribution >= 0.6 is 0 Å². The molecular formula is C52H38N6O4. The lowest BCUT2D eigenvalue weighted by molar-refractivity contribution is -0.147. The third kappa shape index (κ3) is 6.90. The minimum atomic E-state index is -1.50. The van der Waals surface area contributed by atoms with Gasteiger partial charge in [-0.1, -0.05) is 121 Å². The number of benzene rings is 4. The second kappa shape index (κ2) is 16.7. The molecule has 10 heteroatoms. The Morgan fingerprint density at radius 3 is 1.10 bits per heavy atom. The fraction of sp³-hybridized carbons (Fsp3) is 0.115. The first kappa shape index (κ1) is 39.1. The van der Waals surface area contributed by atoms with Gasteiger partial charge in [-0.15, -0.1) is 0 Å². The van der Waals surface area contributed by atoms with Crippen LogP contribution in [-0.2, 0) is 19.1 Å². The number of fused-ring (bicyclic) bond motifs is 8. The summed E-state index contributed by atoms with van der Waals surface area (Å²) in [7, 11) is 2.43. The van der Waals surface area contributed by atoms with E-state index in [0.717, 1.165) is 55.8 Å². The Labute approximate surface area is 357 Å². The molecule has 300 valence electrons. The molecule has 7 aromatic rings. The molecule has 0 saturated heterocycles. The van der Waals surface area contributed by atoms with Crippen molar-refractivity contribution in [3.05, 3.63) is 168 Å². The second-order valence-electron chi connectivity index (χ2n) is 14.9. The van der Waals surface area contributed by atoms with Crippen LogP contribution in [0.15, 0.2) is 146 Å². The van der Waals surface area contributed by atoms with Crippen molar-refractivity contribution in [1.29, 1.82) is 10.5 Å². The van der Waals surface area contributed by atoms with E-state index in [2.05, 4.69) is 22.1 Å². The molecule has 3 aromatic heterocycles. The molecule has 0 radical (unpaired) electrons. The zero-order valence-electron chi connectivity index (χ0n) is 33.7. The molecule has 8 bridgehead atoms. The summed E-state index contributed by atoms with van der Waals surface area (Å²) in [5.74, 6) is -6.98. The largest absolute Gasteiger partial charge is 0.468 e. The van der Waals surface area contributed by atoms with Gasteiger partial charge in [-0.3, -0.25) is 14.6 Å². The fourth-order valence-electron chi connectivity index (χ4n) is 8.81. The van der Waals surface area contributed by atoms with Crippen LogP contribution in [-0.4, -0.2) is 46.1 Å². The molecule has 2 unspecified atom stereocenters. The van der Waals surface area contributed by atoms with E-state index >= 15 is 0 Å². The molecule has 0 fully saturated rings. The predicted octanol–water partition coefficient (Wildman–Crippen LogP) is 10.6. The molecule has 0 amide bonds. The number of esters is 2. The molecule has 9 rings (SSSR count). The number of aromatic nitrogens is 4. The number of methoxy groups -OCH3 is 2. The lowest BCUT2D eigenvalue weighted by Gasteiger charge is -2.27. The van der Waals surface area contributed by atoms with Crippen molar-refractivity contribution in [2.75, 3.05) is 14.2 Å². The van der Waals surface area contributed by atoms with Gasteiger partial charge in [0.1, 0.15) is 0 Å². The number of hydrogen-bond donors (Lipinski definition) is 2. The number of nitrogens with one attached hydrogen (secondary N) is 2. The SMILES string of the molecule is COC(=O)C(C#N)[C@H]1c2nc(c(-c3ccccc3)c3ccc([nH]3)c(-c3ccccc3)c3nc(c(-c4ccccc4)c4ccc([nH]4)c2-c2ccccc2)C=C3)[C@@H]1C(C#N)C(=O)OC. The molecular weight excluding hydrogens is 773 g/mol. The first-order valence-corrected chi connectivity index (χ1v) is 20.1. The van der Waals surface area contributed by atoms with Crippen LogP contribution in [0.2, 0.25) is 0 Å². The number of rotatable bonds is 8. The van der Waals surface area contributed by atoms with Crippen LogP contribution in [0, 0.1) is 34.5 Å². The van der Waals surface area contributed by atoms with Gasteiger partial charge in [-0.25, -0.2) is 4.98 Å². The van der Waals surface area contributed by atoms with E-state index in [4.69, 9.17) is 19.4 Å². The van der Waals surface area contributed by atoms with Gasteiger partial charge < -0.3 is 19.4 Å². The second-order valence-corrected chi connectivity index (χ2v) is 14.9. The lowest BCUT2D eigenvalue weighted by Crippen LogP contribution is -2.31. The minimum absolute atomic E-state index is 0.324. The highest BCUT2D eigenvalue weighted by Gasteiger charge is 2.50. The van der Waals surface area contributed by atoms with E-state index in [1.54, 1.807) is 0 Å². The molecule has 0 aliphatic carbocycles. The zero-order valence-corrected chi connectivity index (χ0v) is 33.7. The number of nitrogens with zero attached hydrogens (tertiary/aromatic N) is 4. The highest BCUT2D eigenvalue weighted by Crippen LogP contribution is 2.52. The van der Waals surface area contributed by atoms with Gasteiger partial charge in [-0.2, -0.15) is 10.5 Å². The maximum Gasteiger partial charge on any atom is 0.323 e. The van der Waals surface area contributed by atoms with E-state index in [9.17, 15) is 20.1 Å². The van der Waals surface area contributed by atoms with Crippen molar-refractivity contribution in [3.8, 4) is 56.6 Å². The van der Waals surface area contributed by atoms with Gasteiger partial charge >= 0.3 is 11.9 Å². The molecule has 4 aromatic carbocycles. The van der Waals surface area contributed by atoms with Gasteiger partial charge in [0.25, 0.3) is 0 Å². The number of nitriles is 2. The van der Waals surface area contributed by atoms with Crippen molar-refractivity contribution in [1.82, 2.24) is 19.9 Å².